The van der Waals surface area contributed by atoms with Crippen LogP contribution in [-0.4, -0.2) is 52.2 Å². The molecular weight excluding hydrogens is 282 g/mol. The van der Waals surface area contributed by atoms with Crippen molar-refractivity contribution in [2.24, 2.45) is 5.92 Å². The fourth-order valence-corrected chi connectivity index (χ4v) is 3.23. The standard InChI is InChI=1S/C15H23N5O2/c1-15(2,3)22-14(21)19-8-10-4-5-20(11(10)9-19)13-7-17-6-12(16)18-13/h6-7,10-11H,4-5,8-9H2,1-3H3,(H2,16,18). The number of nitrogen functional groups attached to an aromatic ring is 1. The highest BCUT2D eigenvalue weighted by Gasteiger charge is 2.44. The van der Waals surface area contributed by atoms with E-state index in [-0.39, 0.29) is 12.1 Å². The first-order chi connectivity index (χ1) is 10.3. The van der Waals surface area contributed by atoms with Crippen LogP contribution in [0.2, 0.25) is 0 Å². The molecule has 2 unspecified atom stereocenters. The zero-order chi connectivity index (χ0) is 15.9. The molecule has 7 nitrogen and oxygen atoms in total. The molecule has 3 rings (SSSR count). The summed E-state index contributed by atoms with van der Waals surface area (Å²) in [6, 6.07) is 0.267. The minimum atomic E-state index is -0.464. The van der Waals surface area contributed by atoms with E-state index in [1.807, 2.05) is 20.8 Å². The van der Waals surface area contributed by atoms with E-state index in [2.05, 4.69) is 14.9 Å². The van der Waals surface area contributed by atoms with E-state index in [9.17, 15) is 4.79 Å². The fraction of sp³-hybridized carbons (Fsp3) is 0.667. The zero-order valence-corrected chi connectivity index (χ0v) is 13.3. The second-order valence-corrected chi connectivity index (χ2v) is 7.00. The van der Waals surface area contributed by atoms with Gasteiger partial charge in [-0.15, -0.1) is 0 Å². The third-order valence-electron chi connectivity index (χ3n) is 4.13. The topological polar surface area (TPSA) is 84.6 Å². The molecule has 2 atom stereocenters. The Morgan fingerprint density at radius 1 is 1.36 bits per heavy atom. The van der Waals surface area contributed by atoms with Crippen LogP contribution in [0.25, 0.3) is 0 Å². The molecule has 0 spiro atoms. The second kappa shape index (κ2) is 5.30. The summed E-state index contributed by atoms with van der Waals surface area (Å²) in [5, 5.41) is 0. The van der Waals surface area contributed by atoms with Crippen LogP contribution in [0, 0.1) is 5.92 Å². The van der Waals surface area contributed by atoms with E-state index >= 15 is 0 Å². The van der Waals surface area contributed by atoms with Gasteiger partial charge in [0.15, 0.2) is 0 Å². The van der Waals surface area contributed by atoms with Gasteiger partial charge in [-0.05, 0) is 27.2 Å². The van der Waals surface area contributed by atoms with Crippen molar-refractivity contribution < 1.29 is 9.53 Å². The average Bonchev–Trinajstić information content (AvgIpc) is 2.95. The van der Waals surface area contributed by atoms with Gasteiger partial charge in [0.25, 0.3) is 0 Å². The number of carbonyl (C=O) groups excluding carboxylic acids is 1. The molecule has 2 fully saturated rings. The number of anilines is 2. The predicted octanol–water partition coefficient (Wildman–Crippen LogP) is 1.50. The highest BCUT2D eigenvalue weighted by Crippen LogP contribution is 2.34. The van der Waals surface area contributed by atoms with Crippen molar-refractivity contribution in [3.63, 3.8) is 0 Å². The predicted molar refractivity (Wildman–Crippen MR) is 83.5 cm³/mol. The van der Waals surface area contributed by atoms with E-state index in [0.717, 1.165) is 25.3 Å². The molecule has 0 aliphatic carbocycles. The van der Waals surface area contributed by atoms with E-state index in [1.165, 1.54) is 0 Å². The molecule has 0 aromatic carbocycles. The monoisotopic (exact) mass is 305 g/mol. The molecule has 2 aliphatic rings. The molecule has 0 radical (unpaired) electrons. The molecule has 0 saturated carbocycles. The second-order valence-electron chi connectivity index (χ2n) is 7.00. The van der Waals surface area contributed by atoms with Gasteiger partial charge in [-0.3, -0.25) is 4.98 Å². The van der Waals surface area contributed by atoms with Crippen molar-refractivity contribution in [2.45, 2.75) is 38.8 Å². The number of nitrogens with zero attached hydrogens (tertiary/aromatic N) is 4. The highest BCUT2D eigenvalue weighted by molar-refractivity contribution is 5.69. The quantitative estimate of drug-likeness (QED) is 0.846. The maximum absolute atomic E-state index is 12.2. The Labute approximate surface area is 130 Å². The molecule has 1 aromatic heterocycles. The molecule has 2 N–H and O–H groups in total. The highest BCUT2D eigenvalue weighted by atomic mass is 16.6. The molecule has 1 amide bonds. The Bertz CT molecular complexity index is 571. The van der Waals surface area contributed by atoms with Crippen molar-refractivity contribution in [1.82, 2.24) is 14.9 Å². The summed E-state index contributed by atoms with van der Waals surface area (Å²) in [6.07, 6.45) is 4.08. The van der Waals surface area contributed by atoms with Gasteiger partial charge in [-0.2, -0.15) is 0 Å². The van der Waals surface area contributed by atoms with Gasteiger partial charge >= 0.3 is 6.09 Å². The number of fused-ring (bicyclic) bond motifs is 1. The number of rotatable bonds is 1. The summed E-state index contributed by atoms with van der Waals surface area (Å²) < 4.78 is 5.47. The molecule has 0 bridgehead atoms. The largest absolute Gasteiger partial charge is 0.444 e. The summed E-state index contributed by atoms with van der Waals surface area (Å²) in [6.45, 7) is 7.99. The van der Waals surface area contributed by atoms with Crippen molar-refractivity contribution in [3.05, 3.63) is 12.4 Å². The molecule has 22 heavy (non-hydrogen) atoms. The first-order valence-corrected chi connectivity index (χ1v) is 7.65. The summed E-state index contributed by atoms with van der Waals surface area (Å²) in [5.41, 5.74) is 5.26. The first-order valence-electron chi connectivity index (χ1n) is 7.65. The van der Waals surface area contributed by atoms with Crippen LogP contribution in [0.1, 0.15) is 27.2 Å². The van der Waals surface area contributed by atoms with E-state index in [0.29, 0.717) is 18.3 Å². The van der Waals surface area contributed by atoms with Gasteiger partial charge in [-0.1, -0.05) is 0 Å². The SMILES string of the molecule is CC(C)(C)OC(=O)N1CC2CCN(c3cncc(N)n3)C2C1. The van der Waals surface area contributed by atoms with Crippen LogP contribution in [0.5, 0.6) is 0 Å². The lowest BCUT2D eigenvalue weighted by Crippen LogP contribution is -2.39. The average molecular weight is 305 g/mol. The normalized spacial score (nSPS) is 24.5. The molecule has 1 aromatic rings. The lowest BCUT2D eigenvalue weighted by Gasteiger charge is -2.27. The number of likely N-dealkylation sites (tertiary alicyclic amines) is 1. The number of ether oxygens (including phenoxy) is 1. The Morgan fingerprint density at radius 3 is 2.82 bits per heavy atom. The number of carbonyl (C=O) groups is 1. The summed E-state index contributed by atoms with van der Waals surface area (Å²) in [7, 11) is 0. The number of nitrogens with two attached hydrogens (primary N) is 1. The molecule has 7 heteroatoms. The van der Waals surface area contributed by atoms with Crippen molar-refractivity contribution in [3.8, 4) is 0 Å². The summed E-state index contributed by atoms with van der Waals surface area (Å²) >= 11 is 0. The molecule has 2 aliphatic heterocycles. The van der Waals surface area contributed by atoms with Crippen molar-refractivity contribution >= 4 is 17.7 Å². The van der Waals surface area contributed by atoms with Gasteiger partial charge in [0, 0.05) is 25.6 Å². The van der Waals surface area contributed by atoms with Crippen LogP contribution in [0.4, 0.5) is 16.4 Å². The maximum atomic E-state index is 12.2. The Balaban J connectivity index is 1.70. The molecular formula is C15H23N5O2. The number of aromatic nitrogens is 2. The lowest BCUT2D eigenvalue weighted by molar-refractivity contribution is 0.0284. The Morgan fingerprint density at radius 2 is 2.14 bits per heavy atom. The van der Waals surface area contributed by atoms with Crippen LogP contribution in [0.3, 0.4) is 0 Å². The van der Waals surface area contributed by atoms with Gasteiger partial charge < -0.3 is 20.3 Å². The van der Waals surface area contributed by atoms with Gasteiger partial charge in [-0.25, -0.2) is 9.78 Å². The summed E-state index contributed by atoms with van der Waals surface area (Å²) in [5.74, 6) is 1.66. The number of hydrogen-bond donors (Lipinski definition) is 1. The zero-order valence-electron chi connectivity index (χ0n) is 13.3. The fourth-order valence-electron chi connectivity index (χ4n) is 3.23. The van der Waals surface area contributed by atoms with Crippen LogP contribution in [0.15, 0.2) is 12.4 Å². The van der Waals surface area contributed by atoms with E-state index in [4.69, 9.17) is 10.5 Å². The third kappa shape index (κ3) is 2.93. The van der Waals surface area contributed by atoms with E-state index in [1.54, 1.807) is 17.3 Å². The van der Waals surface area contributed by atoms with Gasteiger partial charge in [0.05, 0.1) is 18.4 Å². The third-order valence-corrected chi connectivity index (χ3v) is 4.13. The smallest absolute Gasteiger partial charge is 0.410 e. The number of hydrogen-bond acceptors (Lipinski definition) is 6. The van der Waals surface area contributed by atoms with Crippen molar-refractivity contribution in [1.29, 1.82) is 0 Å². The Kier molecular flexibility index (Phi) is 3.58. The van der Waals surface area contributed by atoms with Crippen LogP contribution < -0.4 is 10.6 Å². The molecule has 3 heterocycles. The van der Waals surface area contributed by atoms with Gasteiger partial charge in [0.2, 0.25) is 0 Å². The number of amides is 1. The van der Waals surface area contributed by atoms with E-state index < -0.39 is 5.60 Å². The van der Waals surface area contributed by atoms with Crippen LogP contribution >= 0.6 is 0 Å². The minimum absolute atomic E-state index is 0.236. The molecule has 120 valence electrons. The summed E-state index contributed by atoms with van der Waals surface area (Å²) in [4.78, 5) is 24.7. The first kappa shape index (κ1) is 14.9. The molecule has 2 saturated heterocycles. The van der Waals surface area contributed by atoms with Crippen molar-refractivity contribution in [2.75, 3.05) is 30.3 Å². The maximum Gasteiger partial charge on any atom is 0.410 e. The lowest BCUT2D eigenvalue weighted by atomic mass is 10.1. The minimum Gasteiger partial charge on any atom is -0.444 e. The van der Waals surface area contributed by atoms with Crippen LogP contribution in [-0.2, 0) is 4.74 Å². The van der Waals surface area contributed by atoms with Gasteiger partial charge in [0.1, 0.15) is 17.2 Å². The Hall–Kier alpha value is -2.05.